The molecule has 2 nitrogen and oxygen atoms in total. The molecule has 0 aliphatic carbocycles. The predicted octanol–water partition coefficient (Wildman–Crippen LogP) is 3.36. The fraction of sp³-hybridized carbons (Fsp3) is 0.200. The van der Waals surface area contributed by atoms with Crippen LogP contribution in [-0.4, -0.2) is 12.2 Å². The first-order valence-electron chi connectivity index (χ1n) is 5.81. The average Bonchev–Trinajstić information content (AvgIpc) is 2.41. The number of ether oxygens (including phenoxy) is 1. The van der Waals surface area contributed by atoms with Gasteiger partial charge < -0.3 is 9.84 Å². The Morgan fingerprint density at radius 1 is 1.11 bits per heavy atom. The predicted molar refractivity (Wildman–Crippen MR) is 68.2 cm³/mol. The minimum atomic E-state index is -1.34. The zero-order valence-corrected chi connectivity index (χ0v) is 10.7. The fourth-order valence-corrected chi connectivity index (χ4v) is 1.91. The molecule has 2 rings (SSSR count). The Morgan fingerprint density at radius 2 is 1.84 bits per heavy atom. The van der Waals surface area contributed by atoms with Crippen LogP contribution in [0.3, 0.4) is 0 Å². The second kappa shape index (κ2) is 5.36. The molecule has 100 valence electrons. The molecule has 0 heterocycles. The van der Waals surface area contributed by atoms with E-state index in [2.05, 4.69) is 0 Å². The smallest absolute Gasteiger partial charge is 0.133 e. The standard InChI is InChI=1S/C15H14F2O2/c1-9-4-3-5-12(14(9)17)15(18)11-7-6-10(19-2)8-13(11)16/h3-8,15,18H,1-2H3. The largest absolute Gasteiger partial charge is 0.497 e. The van der Waals surface area contributed by atoms with E-state index in [1.165, 1.54) is 25.3 Å². The van der Waals surface area contributed by atoms with E-state index >= 15 is 0 Å². The molecule has 0 saturated heterocycles. The van der Waals surface area contributed by atoms with Crippen LogP contribution in [0.4, 0.5) is 8.78 Å². The van der Waals surface area contributed by atoms with E-state index in [1.807, 2.05) is 0 Å². The van der Waals surface area contributed by atoms with E-state index in [-0.39, 0.29) is 11.1 Å². The maximum Gasteiger partial charge on any atom is 0.133 e. The van der Waals surface area contributed by atoms with Crippen molar-refractivity contribution in [1.29, 1.82) is 0 Å². The number of hydrogen-bond donors (Lipinski definition) is 1. The second-order valence-electron chi connectivity index (χ2n) is 4.27. The molecule has 0 saturated carbocycles. The lowest BCUT2D eigenvalue weighted by Crippen LogP contribution is -2.06. The van der Waals surface area contributed by atoms with Gasteiger partial charge in [-0.05, 0) is 24.6 Å². The van der Waals surface area contributed by atoms with Gasteiger partial charge in [-0.3, -0.25) is 0 Å². The number of rotatable bonds is 3. The number of methoxy groups -OCH3 is 1. The van der Waals surface area contributed by atoms with Gasteiger partial charge >= 0.3 is 0 Å². The van der Waals surface area contributed by atoms with E-state index in [4.69, 9.17) is 4.74 Å². The summed E-state index contributed by atoms with van der Waals surface area (Å²) in [4.78, 5) is 0. The fourth-order valence-electron chi connectivity index (χ4n) is 1.91. The summed E-state index contributed by atoms with van der Waals surface area (Å²) >= 11 is 0. The molecule has 0 fully saturated rings. The van der Waals surface area contributed by atoms with Crippen molar-refractivity contribution in [3.8, 4) is 5.75 Å². The maximum absolute atomic E-state index is 13.9. The van der Waals surface area contributed by atoms with Crippen LogP contribution in [0, 0.1) is 18.6 Å². The maximum atomic E-state index is 13.9. The van der Waals surface area contributed by atoms with Crippen molar-refractivity contribution in [2.45, 2.75) is 13.0 Å². The van der Waals surface area contributed by atoms with Crippen LogP contribution < -0.4 is 4.74 Å². The lowest BCUT2D eigenvalue weighted by atomic mass is 9.98. The minimum Gasteiger partial charge on any atom is -0.497 e. The van der Waals surface area contributed by atoms with Gasteiger partial charge in [-0.1, -0.05) is 18.2 Å². The van der Waals surface area contributed by atoms with Crippen molar-refractivity contribution >= 4 is 0 Å². The average molecular weight is 264 g/mol. The van der Waals surface area contributed by atoms with Crippen LogP contribution >= 0.6 is 0 Å². The number of halogens is 2. The summed E-state index contributed by atoms with van der Waals surface area (Å²) in [5.41, 5.74) is 0.486. The SMILES string of the molecule is COc1ccc(C(O)c2cccc(C)c2F)c(F)c1. The first kappa shape index (κ1) is 13.5. The minimum absolute atomic E-state index is 0.0188. The Hall–Kier alpha value is -1.94. The molecule has 1 unspecified atom stereocenters. The van der Waals surface area contributed by atoms with Crippen LogP contribution in [0.25, 0.3) is 0 Å². The molecule has 4 heteroatoms. The van der Waals surface area contributed by atoms with E-state index in [0.29, 0.717) is 11.3 Å². The number of aliphatic hydroxyl groups is 1. The van der Waals surface area contributed by atoms with Crippen LogP contribution in [-0.2, 0) is 0 Å². The highest BCUT2D eigenvalue weighted by molar-refractivity contribution is 5.37. The van der Waals surface area contributed by atoms with E-state index in [9.17, 15) is 13.9 Å². The van der Waals surface area contributed by atoms with Crippen LogP contribution in [0.2, 0.25) is 0 Å². The Balaban J connectivity index is 2.44. The molecule has 0 aromatic heterocycles. The van der Waals surface area contributed by atoms with Crippen molar-refractivity contribution in [3.05, 3.63) is 64.7 Å². The van der Waals surface area contributed by atoms with Crippen molar-refractivity contribution < 1.29 is 18.6 Å². The van der Waals surface area contributed by atoms with Crippen LogP contribution in [0.1, 0.15) is 22.8 Å². The normalized spacial score (nSPS) is 12.3. The Kier molecular flexibility index (Phi) is 3.81. The van der Waals surface area contributed by atoms with Gasteiger partial charge in [-0.25, -0.2) is 8.78 Å². The lowest BCUT2D eigenvalue weighted by Gasteiger charge is -2.15. The first-order valence-corrected chi connectivity index (χ1v) is 5.81. The van der Waals surface area contributed by atoms with Crippen molar-refractivity contribution in [3.63, 3.8) is 0 Å². The molecule has 0 aliphatic heterocycles. The molecule has 0 amide bonds. The molecule has 2 aromatic carbocycles. The van der Waals surface area contributed by atoms with E-state index < -0.39 is 17.7 Å². The third kappa shape index (κ3) is 2.58. The van der Waals surface area contributed by atoms with Gasteiger partial charge in [0.05, 0.1) is 7.11 Å². The molecule has 2 aromatic rings. The monoisotopic (exact) mass is 264 g/mol. The molecule has 1 atom stereocenters. The summed E-state index contributed by atoms with van der Waals surface area (Å²) in [6.07, 6.45) is -1.34. The Bertz CT molecular complexity index is 597. The summed E-state index contributed by atoms with van der Waals surface area (Å²) < 4.78 is 32.6. The van der Waals surface area contributed by atoms with Crippen LogP contribution in [0.5, 0.6) is 5.75 Å². The summed E-state index contributed by atoms with van der Waals surface area (Å²) in [7, 11) is 1.42. The summed E-state index contributed by atoms with van der Waals surface area (Å²) in [5, 5.41) is 10.1. The molecular formula is C15H14F2O2. The van der Waals surface area contributed by atoms with Gasteiger partial charge in [0.2, 0.25) is 0 Å². The third-order valence-corrected chi connectivity index (χ3v) is 3.02. The van der Waals surface area contributed by atoms with Crippen molar-refractivity contribution in [2.24, 2.45) is 0 Å². The number of hydrogen-bond acceptors (Lipinski definition) is 2. The van der Waals surface area contributed by atoms with Crippen molar-refractivity contribution in [1.82, 2.24) is 0 Å². The molecule has 0 spiro atoms. The third-order valence-electron chi connectivity index (χ3n) is 3.02. The quantitative estimate of drug-likeness (QED) is 0.921. The zero-order chi connectivity index (χ0) is 14.0. The van der Waals surface area contributed by atoms with Crippen molar-refractivity contribution in [2.75, 3.05) is 7.11 Å². The lowest BCUT2D eigenvalue weighted by molar-refractivity contribution is 0.209. The van der Waals surface area contributed by atoms with Gasteiger partial charge in [-0.2, -0.15) is 0 Å². The van der Waals surface area contributed by atoms with Gasteiger partial charge in [0.25, 0.3) is 0 Å². The van der Waals surface area contributed by atoms with Gasteiger partial charge in [0.15, 0.2) is 0 Å². The molecule has 0 bridgehead atoms. The summed E-state index contributed by atoms with van der Waals surface area (Å²) in [6, 6.07) is 8.73. The molecule has 19 heavy (non-hydrogen) atoms. The molecular weight excluding hydrogens is 250 g/mol. The van der Waals surface area contributed by atoms with Gasteiger partial charge in [0, 0.05) is 17.2 Å². The molecule has 0 aliphatic rings. The Labute approximate surface area is 110 Å². The Morgan fingerprint density at radius 3 is 2.47 bits per heavy atom. The summed E-state index contributed by atoms with van der Waals surface area (Å²) in [5.74, 6) is -0.809. The first-order chi connectivity index (χ1) is 9.04. The number of benzene rings is 2. The van der Waals surface area contributed by atoms with Gasteiger partial charge in [0.1, 0.15) is 23.5 Å². The molecule has 1 N–H and O–H groups in total. The highest BCUT2D eigenvalue weighted by Gasteiger charge is 2.19. The number of aliphatic hydroxyl groups excluding tert-OH is 1. The summed E-state index contributed by atoms with van der Waals surface area (Å²) in [6.45, 7) is 1.59. The van der Waals surface area contributed by atoms with Crippen LogP contribution in [0.15, 0.2) is 36.4 Å². The zero-order valence-electron chi connectivity index (χ0n) is 10.7. The van der Waals surface area contributed by atoms with E-state index in [1.54, 1.807) is 19.1 Å². The topological polar surface area (TPSA) is 29.5 Å². The molecule has 0 radical (unpaired) electrons. The van der Waals surface area contributed by atoms with Gasteiger partial charge in [-0.15, -0.1) is 0 Å². The number of aryl methyl sites for hydroxylation is 1. The van der Waals surface area contributed by atoms with E-state index in [0.717, 1.165) is 6.07 Å². The second-order valence-corrected chi connectivity index (χ2v) is 4.27. The highest BCUT2D eigenvalue weighted by atomic mass is 19.1. The highest BCUT2D eigenvalue weighted by Crippen LogP contribution is 2.29.